The van der Waals surface area contributed by atoms with Crippen LogP contribution in [0.25, 0.3) is 0 Å². The summed E-state index contributed by atoms with van der Waals surface area (Å²) in [5, 5.41) is 6.91. The van der Waals surface area contributed by atoms with Crippen LogP contribution in [-0.2, 0) is 0 Å². The molecule has 1 N–H and O–H groups in total. The van der Waals surface area contributed by atoms with Gasteiger partial charge in [-0.05, 0) is 36.8 Å². The van der Waals surface area contributed by atoms with E-state index in [-0.39, 0.29) is 0 Å². The summed E-state index contributed by atoms with van der Waals surface area (Å²) in [7, 11) is 0. The van der Waals surface area contributed by atoms with Crippen molar-refractivity contribution in [3.63, 3.8) is 0 Å². The molecule has 3 aromatic carbocycles. The van der Waals surface area contributed by atoms with Crippen LogP contribution in [0.4, 0.5) is 0 Å². The molecule has 0 unspecified atom stereocenters. The minimum atomic E-state index is 0.365. The first-order valence-corrected chi connectivity index (χ1v) is 10.8. The third-order valence-corrected chi connectivity index (χ3v) is 5.62. The Hall–Kier alpha value is -3.11. The van der Waals surface area contributed by atoms with Crippen molar-refractivity contribution < 1.29 is 9.64 Å². The minimum Gasteiger partial charge on any atom is -0.494 e. The van der Waals surface area contributed by atoms with Gasteiger partial charge in [0.15, 0.2) is 0 Å². The van der Waals surface area contributed by atoms with Crippen LogP contribution in [0.5, 0.6) is 5.75 Å². The Morgan fingerprint density at radius 3 is 1.97 bits per heavy atom. The number of benzene rings is 3. The summed E-state index contributed by atoms with van der Waals surface area (Å²) in [4.78, 5) is 1.60. The average molecular weight is 401 g/mol. The van der Waals surface area contributed by atoms with Crippen LogP contribution in [0.1, 0.15) is 29.7 Å². The molecule has 4 nitrogen and oxygen atoms in total. The topological polar surface area (TPSA) is 29.3 Å². The summed E-state index contributed by atoms with van der Waals surface area (Å²) in [6.45, 7) is 6.73. The van der Waals surface area contributed by atoms with Gasteiger partial charge in [-0.1, -0.05) is 60.7 Å². The van der Waals surface area contributed by atoms with Crippen molar-refractivity contribution in [2.24, 2.45) is 5.10 Å². The molecule has 0 amide bonds. The third-order valence-electron chi connectivity index (χ3n) is 5.62. The fourth-order valence-electron chi connectivity index (χ4n) is 4.11. The molecule has 4 heteroatoms. The number of nitrogens with zero attached hydrogens (tertiary/aromatic N) is 2. The van der Waals surface area contributed by atoms with Crippen molar-refractivity contribution in [1.82, 2.24) is 5.01 Å². The number of hydrogen-bond donors (Lipinski definition) is 1. The van der Waals surface area contributed by atoms with Gasteiger partial charge in [-0.25, -0.2) is 0 Å². The first-order chi connectivity index (χ1) is 14.8. The highest BCUT2D eigenvalue weighted by Crippen LogP contribution is 2.19. The van der Waals surface area contributed by atoms with Crippen molar-refractivity contribution in [1.29, 1.82) is 0 Å². The molecule has 1 aliphatic rings. The Bertz CT molecular complexity index is 878. The minimum absolute atomic E-state index is 0.365. The van der Waals surface area contributed by atoms with Crippen LogP contribution in [0.2, 0.25) is 0 Å². The Morgan fingerprint density at radius 2 is 1.43 bits per heavy atom. The Morgan fingerprint density at radius 1 is 0.867 bits per heavy atom. The molecule has 0 aromatic heterocycles. The molecular weight excluding hydrogens is 370 g/mol. The molecule has 0 atom stereocenters. The third kappa shape index (κ3) is 5.08. The van der Waals surface area contributed by atoms with E-state index in [4.69, 9.17) is 9.84 Å². The molecular formula is C26H30N3O+. The summed E-state index contributed by atoms with van der Waals surface area (Å²) >= 11 is 0. The molecule has 1 saturated heterocycles. The molecule has 0 saturated carbocycles. The van der Waals surface area contributed by atoms with E-state index in [0.717, 1.165) is 37.5 Å². The van der Waals surface area contributed by atoms with Gasteiger partial charge < -0.3 is 9.64 Å². The van der Waals surface area contributed by atoms with Gasteiger partial charge >= 0.3 is 0 Å². The van der Waals surface area contributed by atoms with E-state index in [9.17, 15) is 0 Å². The maximum Gasteiger partial charge on any atom is 0.139 e. The van der Waals surface area contributed by atoms with Gasteiger partial charge in [0.25, 0.3) is 0 Å². The number of quaternary nitrogens is 1. The standard InChI is InChI=1S/C26H29N3O/c1-2-30-25-15-13-22(14-16-25)21-27-29-19-17-28(18-20-29)26(23-9-5-3-6-10-23)24-11-7-4-8-12-24/h3-16,21,26H,2,17-20H2,1H3/p+1/b27-21-. The second-order valence-corrected chi connectivity index (χ2v) is 7.61. The quantitative estimate of drug-likeness (QED) is 0.616. The van der Waals surface area contributed by atoms with Crippen molar-refractivity contribution >= 4 is 6.21 Å². The molecule has 1 fully saturated rings. The van der Waals surface area contributed by atoms with Gasteiger partial charge in [0, 0.05) is 11.1 Å². The van der Waals surface area contributed by atoms with E-state index in [0.29, 0.717) is 12.6 Å². The van der Waals surface area contributed by atoms with Gasteiger partial charge in [0.1, 0.15) is 11.8 Å². The molecule has 0 aliphatic carbocycles. The van der Waals surface area contributed by atoms with Crippen molar-refractivity contribution in [2.45, 2.75) is 13.0 Å². The number of rotatable bonds is 7. The normalized spacial score (nSPS) is 15.1. The van der Waals surface area contributed by atoms with E-state index in [1.54, 1.807) is 4.90 Å². The lowest BCUT2D eigenvalue weighted by atomic mass is 9.96. The monoisotopic (exact) mass is 400 g/mol. The van der Waals surface area contributed by atoms with Crippen LogP contribution in [0.3, 0.4) is 0 Å². The van der Waals surface area contributed by atoms with Crippen LogP contribution < -0.4 is 9.64 Å². The molecule has 0 radical (unpaired) electrons. The number of piperazine rings is 1. The van der Waals surface area contributed by atoms with Crippen molar-refractivity contribution in [2.75, 3.05) is 32.8 Å². The van der Waals surface area contributed by atoms with Gasteiger partial charge in [-0.3, -0.25) is 5.01 Å². The van der Waals surface area contributed by atoms with Gasteiger partial charge in [0.2, 0.25) is 0 Å². The number of hydrazone groups is 1. The highest BCUT2D eigenvalue weighted by molar-refractivity contribution is 5.79. The highest BCUT2D eigenvalue weighted by Gasteiger charge is 2.29. The lowest BCUT2D eigenvalue weighted by Gasteiger charge is -2.35. The van der Waals surface area contributed by atoms with Crippen LogP contribution in [0.15, 0.2) is 90.0 Å². The van der Waals surface area contributed by atoms with E-state index in [2.05, 4.69) is 77.8 Å². The predicted octanol–water partition coefficient (Wildman–Crippen LogP) is 3.41. The van der Waals surface area contributed by atoms with E-state index >= 15 is 0 Å². The Balaban J connectivity index is 1.41. The van der Waals surface area contributed by atoms with Crippen molar-refractivity contribution in [3.8, 4) is 5.75 Å². The van der Waals surface area contributed by atoms with Gasteiger partial charge in [-0.15, -0.1) is 0 Å². The average Bonchev–Trinajstić information content (AvgIpc) is 2.81. The SMILES string of the molecule is CCOc1ccc(/C=N\N2CC[NH+](C(c3ccccc3)c3ccccc3)CC2)cc1. The first-order valence-electron chi connectivity index (χ1n) is 10.8. The van der Waals surface area contributed by atoms with Crippen LogP contribution >= 0.6 is 0 Å². The molecule has 154 valence electrons. The maximum atomic E-state index is 5.50. The van der Waals surface area contributed by atoms with E-state index < -0.39 is 0 Å². The fraction of sp³-hybridized carbons (Fsp3) is 0.269. The maximum absolute atomic E-state index is 5.50. The fourth-order valence-corrected chi connectivity index (χ4v) is 4.11. The zero-order valence-electron chi connectivity index (χ0n) is 17.6. The molecule has 1 heterocycles. The summed E-state index contributed by atoms with van der Waals surface area (Å²) < 4.78 is 5.50. The van der Waals surface area contributed by atoms with Gasteiger partial charge in [-0.2, -0.15) is 5.10 Å². The van der Waals surface area contributed by atoms with E-state index in [1.807, 2.05) is 25.3 Å². The summed E-state index contributed by atoms with van der Waals surface area (Å²) in [6, 6.07) is 30.2. The lowest BCUT2D eigenvalue weighted by Crippen LogP contribution is -3.15. The molecule has 0 spiro atoms. The first kappa shape index (κ1) is 20.2. The number of hydrogen-bond acceptors (Lipinski definition) is 3. The summed E-state index contributed by atoms with van der Waals surface area (Å²) in [6.07, 6.45) is 1.95. The van der Waals surface area contributed by atoms with E-state index in [1.165, 1.54) is 11.1 Å². The smallest absolute Gasteiger partial charge is 0.139 e. The van der Waals surface area contributed by atoms with Gasteiger partial charge in [0.05, 0.1) is 39.0 Å². The van der Waals surface area contributed by atoms with Crippen molar-refractivity contribution in [3.05, 3.63) is 102 Å². The molecule has 3 aromatic rings. The molecule has 0 bridgehead atoms. The lowest BCUT2D eigenvalue weighted by molar-refractivity contribution is -0.929. The number of ether oxygens (including phenoxy) is 1. The zero-order valence-corrected chi connectivity index (χ0v) is 17.6. The van der Waals surface area contributed by atoms with Crippen LogP contribution in [-0.4, -0.2) is 44.0 Å². The molecule has 4 rings (SSSR count). The number of nitrogens with one attached hydrogen (secondary N) is 1. The highest BCUT2D eigenvalue weighted by atomic mass is 16.5. The second-order valence-electron chi connectivity index (χ2n) is 7.61. The predicted molar refractivity (Wildman–Crippen MR) is 122 cm³/mol. The Kier molecular flexibility index (Phi) is 6.78. The Labute approximate surface area is 179 Å². The molecule has 30 heavy (non-hydrogen) atoms. The summed E-state index contributed by atoms with van der Waals surface area (Å²) in [5.74, 6) is 0.903. The molecule has 1 aliphatic heterocycles. The van der Waals surface area contributed by atoms with Crippen LogP contribution in [0, 0.1) is 0 Å². The summed E-state index contributed by atoms with van der Waals surface area (Å²) in [5.41, 5.74) is 3.86. The largest absolute Gasteiger partial charge is 0.494 e. The zero-order chi connectivity index (χ0) is 20.6. The second kappa shape index (κ2) is 10.1.